The normalized spacial score (nSPS) is 10.4. The van der Waals surface area contributed by atoms with Crippen LogP contribution >= 0.6 is 43.2 Å². The lowest BCUT2D eigenvalue weighted by molar-refractivity contribution is 0.103. The van der Waals surface area contributed by atoms with Gasteiger partial charge in [0.15, 0.2) is 5.78 Å². The minimum Gasteiger partial charge on any atom is -0.288 e. The molecule has 0 aliphatic carbocycles. The molecule has 0 saturated carbocycles. The van der Waals surface area contributed by atoms with Crippen LogP contribution in [-0.2, 0) is 0 Å². The van der Waals surface area contributed by atoms with Gasteiger partial charge in [-0.25, -0.2) is 0 Å². The third-order valence-electron chi connectivity index (χ3n) is 2.04. The van der Waals surface area contributed by atoms with E-state index in [1.165, 1.54) is 11.3 Å². The molecule has 5 heteroatoms. The molecule has 0 atom stereocenters. The molecule has 0 aromatic carbocycles. The van der Waals surface area contributed by atoms with Gasteiger partial charge in [0.2, 0.25) is 0 Å². The van der Waals surface area contributed by atoms with Gasteiger partial charge < -0.3 is 0 Å². The average molecular weight is 361 g/mol. The first-order valence-electron chi connectivity index (χ1n) is 4.49. The highest BCUT2D eigenvalue weighted by atomic mass is 79.9. The lowest BCUT2D eigenvalue weighted by Crippen LogP contribution is -2.01. The molecule has 0 unspecified atom stereocenters. The van der Waals surface area contributed by atoms with Crippen molar-refractivity contribution in [3.05, 3.63) is 48.8 Å². The quantitative estimate of drug-likeness (QED) is 0.751. The summed E-state index contributed by atoms with van der Waals surface area (Å²) in [5.74, 6) is -0.00924. The summed E-state index contributed by atoms with van der Waals surface area (Å²) in [4.78, 5) is 16.2. The minimum absolute atomic E-state index is 0.00924. The van der Waals surface area contributed by atoms with Gasteiger partial charge in [-0.1, -0.05) is 0 Å². The Bertz CT molecular complexity index is 551. The number of thiophene rings is 1. The molecular weight excluding hydrogens is 354 g/mol. The van der Waals surface area contributed by atoms with E-state index < -0.39 is 0 Å². The fourth-order valence-electron chi connectivity index (χ4n) is 1.33. The predicted octanol–water partition coefficient (Wildman–Crippen LogP) is 4.21. The molecule has 0 saturated heterocycles. The number of pyridine rings is 1. The molecule has 0 aliphatic rings. The van der Waals surface area contributed by atoms with E-state index in [-0.39, 0.29) is 5.78 Å². The Hall–Kier alpha value is -0.520. The van der Waals surface area contributed by atoms with Crippen LogP contribution in [0.2, 0.25) is 0 Å². The van der Waals surface area contributed by atoms with Crippen molar-refractivity contribution in [1.82, 2.24) is 4.98 Å². The lowest BCUT2D eigenvalue weighted by atomic mass is 10.1. The van der Waals surface area contributed by atoms with Crippen LogP contribution < -0.4 is 0 Å². The Morgan fingerprint density at radius 2 is 2.06 bits per heavy atom. The maximum Gasteiger partial charge on any atom is 0.196 e. The number of carbonyl (C=O) groups excluding carboxylic acids is 1. The fraction of sp³-hybridized carbons (Fsp3) is 0.0909. The first-order chi connectivity index (χ1) is 7.58. The molecular formula is C11H7Br2NOS. The molecule has 0 aliphatic heterocycles. The summed E-state index contributed by atoms with van der Waals surface area (Å²) in [7, 11) is 0. The standard InChI is InChI=1S/C11H7Br2NOS/c1-6-2-7(5-14-4-6)10(15)8-3-9(12)16-11(8)13/h2-5H,1H3. The van der Waals surface area contributed by atoms with Crippen LogP contribution in [0.5, 0.6) is 0 Å². The Kier molecular flexibility index (Phi) is 3.56. The van der Waals surface area contributed by atoms with Crippen LogP contribution in [0, 0.1) is 6.92 Å². The van der Waals surface area contributed by atoms with E-state index in [1.807, 2.05) is 19.1 Å². The van der Waals surface area contributed by atoms with E-state index >= 15 is 0 Å². The second-order valence-corrected chi connectivity index (χ2v) is 7.07. The zero-order valence-electron chi connectivity index (χ0n) is 8.33. The number of aromatic nitrogens is 1. The Labute approximate surface area is 114 Å². The molecule has 2 nitrogen and oxygen atoms in total. The van der Waals surface area contributed by atoms with Crippen LogP contribution in [0.15, 0.2) is 32.1 Å². The second-order valence-electron chi connectivity index (χ2n) is 3.32. The zero-order chi connectivity index (χ0) is 11.7. The Morgan fingerprint density at radius 1 is 1.31 bits per heavy atom. The van der Waals surface area contributed by atoms with E-state index in [1.54, 1.807) is 12.4 Å². The van der Waals surface area contributed by atoms with E-state index in [9.17, 15) is 4.79 Å². The van der Waals surface area contributed by atoms with Crippen molar-refractivity contribution in [2.24, 2.45) is 0 Å². The van der Waals surface area contributed by atoms with Crippen LogP contribution in [0.25, 0.3) is 0 Å². The Balaban J connectivity index is 2.43. The number of aryl methyl sites for hydroxylation is 1. The van der Waals surface area contributed by atoms with E-state index in [2.05, 4.69) is 36.8 Å². The third kappa shape index (κ3) is 2.42. The van der Waals surface area contributed by atoms with Crippen LogP contribution in [-0.4, -0.2) is 10.8 Å². The summed E-state index contributed by atoms with van der Waals surface area (Å²) in [5.41, 5.74) is 2.27. The van der Waals surface area contributed by atoms with E-state index in [0.29, 0.717) is 11.1 Å². The Morgan fingerprint density at radius 3 is 2.62 bits per heavy atom. The molecule has 0 amide bonds. The van der Waals surface area contributed by atoms with Crippen molar-refractivity contribution in [2.45, 2.75) is 6.92 Å². The highest BCUT2D eigenvalue weighted by Crippen LogP contribution is 2.33. The number of carbonyl (C=O) groups is 1. The molecule has 82 valence electrons. The van der Waals surface area contributed by atoms with Crippen molar-refractivity contribution >= 4 is 49.0 Å². The molecule has 16 heavy (non-hydrogen) atoms. The van der Waals surface area contributed by atoms with Gasteiger partial charge in [0.1, 0.15) is 0 Å². The van der Waals surface area contributed by atoms with Crippen molar-refractivity contribution in [1.29, 1.82) is 0 Å². The molecule has 2 heterocycles. The summed E-state index contributed by atoms with van der Waals surface area (Å²) in [6.07, 6.45) is 3.32. The highest BCUT2D eigenvalue weighted by molar-refractivity contribution is 9.12. The van der Waals surface area contributed by atoms with Gasteiger partial charge in [-0.3, -0.25) is 9.78 Å². The molecule has 0 N–H and O–H groups in total. The number of nitrogens with zero attached hydrogens (tertiary/aromatic N) is 1. The van der Waals surface area contributed by atoms with Gasteiger partial charge >= 0.3 is 0 Å². The highest BCUT2D eigenvalue weighted by Gasteiger charge is 2.15. The van der Waals surface area contributed by atoms with Gasteiger partial charge in [-0.05, 0) is 56.5 Å². The minimum atomic E-state index is -0.00924. The van der Waals surface area contributed by atoms with Crippen molar-refractivity contribution in [3.63, 3.8) is 0 Å². The molecule has 2 aromatic heterocycles. The van der Waals surface area contributed by atoms with Crippen molar-refractivity contribution in [2.75, 3.05) is 0 Å². The van der Waals surface area contributed by atoms with Gasteiger partial charge in [-0.2, -0.15) is 0 Å². The van der Waals surface area contributed by atoms with Crippen molar-refractivity contribution in [3.8, 4) is 0 Å². The molecule has 0 radical (unpaired) electrons. The fourth-order valence-corrected chi connectivity index (χ4v) is 4.12. The van der Waals surface area contributed by atoms with Gasteiger partial charge in [0.05, 0.1) is 7.57 Å². The number of rotatable bonds is 2. The molecule has 0 fully saturated rings. The van der Waals surface area contributed by atoms with E-state index in [4.69, 9.17) is 0 Å². The molecule has 0 bridgehead atoms. The number of hydrogen-bond donors (Lipinski definition) is 0. The van der Waals surface area contributed by atoms with Gasteiger partial charge in [-0.15, -0.1) is 11.3 Å². The second kappa shape index (κ2) is 4.77. The maximum absolute atomic E-state index is 12.1. The first-order valence-corrected chi connectivity index (χ1v) is 6.89. The summed E-state index contributed by atoms with van der Waals surface area (Å²) in [6.45, 7) is 1.92. The smallest absolute Gasteiger partial charge is 0.196 e. The van der Waals surface area contributed by atoms with Crippen LogP contribution in [0.3, 0.4) is 0 Å². The predicted molar refractivity (Wildman–Crippen MR) is 72.1 cm³/mol. The van der Waals surface area contributed by atoms with E-state index in [0.717, 1.165) is 13.1 Å². The zero-order valence-corrected chi connectivity index (χ0v) is 12.3. The number of halogens is 2. The maximum atomic E-state index is 12.1. The number of hydrogen-bond acceptors (Lipinski definition) is 3. The molecule has 0 spiro atoms. The van der Waals surface area contributed by atoms with Crippen LogP contribution in [0.1, 0.15) is 21.5 Å². The number of ketones is 1. The SMILES string of the molecule is Cc1cncc(C(=O)c2cc(Br)sc2Br)c1. The summed E-state index contributed by atoms with van der Waals surface area (Å²) >= 11 is 8.23. The monoisotopic (exact) mass is 359 g/mol. The molecule has 2 aromatic rings. The molecule has 2 rings (SSSR count). The van der Waals surface area contributed by atoms with Crippen LogP contribution in [0.4, 0.5) is 0 Å². The van der Waals surface area contributed by atoms with Gasteiger partial charge in [0.25, 0.3) is 0 Å². The largest absolute Gasteiger partial charge is 0.288 e. The first kappa shape index (κ1) is 12.0. The lowest BCUT2D eigenvalue weighted by Gasteiger charge is -1.99. The summed E-state index contributed by atoms with van der Waals surface area (Å²) < 4.78 is 1.77. The summed E-state index contributed by atoms with van der Waals surface area (Å²) in [5, 5.41) is 0. The van der Waals surface area contributed by atoms with Gasteiger partial charge in [0, 0.05) is 23.5 Å². The average Bonchev–Trinajstić information content (AvgIpc) is 2.57. The topological polar surface area (TPSA) is 30.0 Å². The third-order valence-corrected chi connectivity index (χ3v) is 4.38. The summed E-state index contributed by atoms with van der Waals surface area (Å²) in [6, 6.07) is 3.66. The van der Waals surface area contributed by atoms with Crippen molar-refractivity contribution < 1.29 is 4.79 Å².